The minimum atomic E-state index is 0.110. The molecule has 0 aromatic heterocycles. The van der Waals surface area contributed by atoms with Crippen LogP contribution in [0.4, 0.5) is 0 Å². The molecular weight excluding hydrogens is 273 g/mol. The zero-order chi connectivity index (χ0) is 15.1. The smallest absolute Gasteiger partial charge is 0.0520 e. The number of hydrogen-bond donors (Lipinski definition) is 0. The van der Waals surface area contributed by atoms with Crippen molar-refractivity contribution in [2.75, 3.05) is 6.16 Å². The largest absolute Gasteiger partial charge is 0.292 e. The SMILES string of the molecule is CC(C)(C)N=CCCP(C1CCCCC1)C1CCCCC1. The lowest BCUT2D eigenvalue weighted by atomic mass is 9.99. The first kappa shape index (κ1) is 17.5. The third-order valence-electron chi connectivity index (χ3n) is 5.08. The van der Waals surface area contributed by atoms with Crippen LogP contribution in [0, 0.1) is 0 Å². The van der Waals surface area contributed by atoms with Crippen molar-refractivity contribution in [2.24, 2.45) is 4.99 Å². The molecular formula is C19H36NP. The normalized spacial score (nSPS) is 23.2. The van der Waals surface area contributed by atoms with Crippen molar-refractivity contribution in [2.45, 2.75) is 108 Å². The molecule has 1 nitrogen and oxygen atoms in total. The lowest BCUT2D eigenvalue weighted by Gasteiger charge is -2.38. The number of rotatable bonds is 5. The van der Waals surface area contributed by atoms with Crippen molar-refractivity contribution in [1.29, 1.82) is 0 Å². The Morgan fingerprint density at radius 2 is 1.33 bits per heavy atom. The summed E-state index contributed by atoms with van der Waals surface area (Å²) < 4.78 is 0. The van der Waals surface area contributed by atoms with Crippen LogP contribution in [0.1, 0.15) is 91.4 Å². The average Bonchev–Trinajstić information content (AvgIpc) is 2.48. The van der Waals surface area contributed by atoms with Gasteiger partial charge in [0.1, 0.15) is 0 Å². The van der Waals surface area contributed by atoms with Gasteiger partial charge in [-0.25, -0.2) is 0 Å². The van der Waals surface area contributed by atoms with Crippen molar-refractivity contribution < 1.29 is 0 Å². The molecule has 0 atom stereocenters. The Hall–Kier alpha value is 0.100. The average molecular weight is 309 g/mol. The molecule has 0 aromatic carbocycles. The zero-order valence-electron chi connectivity index (χ0n) is 14.6. The fourth-order valence-electron chi connectivity index (χ4n) is 4.03. The Morgan fingerprint density at radius 3 is 1.76 bits per heavy atom. The van der Waals surface area contributed by atoms with Gasteiger partial charge in [0.05, 0.1) is 5.54 Å². The van der Waals surface area contributed by atoms with E-state index < -0.39 is 0 Å². The van der Waals surface area contributed by atoms with Gasteiger partial charge in [0, 0.05) is 0 Å². The summed E-state index contributed by atoms with van der Waals surface area (Å²) in [5, 5.41) is 0. The summed E-state index contributed by atoms with van der Waals surface area (Å²) in [7, 11) is 0.264. The lowest BCUT2D eigenvalue weighted by molar-refractivity contribution is 0.484. The Bertz CT molecular complexity index is 288. The second-order valence-corrected chi connectivity index (χ2v) is 11.0. The minimum absolute atomic E-state index is 0.110. The standard InChI is InChI=1S/C19H36NP/c1-19(2,3)20-15-10-16-21(17-11-6-4-7-12-17)18-13-8-5-9-14-18/h15,17-18H,4-14,16H2,1-3H3. The summed E-state index contributed by atoms with van der Waals surface area (Å²) in [5.41, 5.74) is 2.30. The topological polar surface area (TPSA) is 12.4 Å². The van der Waals surface area contributed by atoms with Gasteiger partial charge in [-0.3, -0.25) is 4.99 Å². The van der Waals surface area contributed by atoms with Gasteiger partial charge >= 0.3 is 0 Å². The molecule has 0 N–H and O–H groups in total. The maximum absolute atomic E-state index is 4.70. The van der Waals surface area contributed by atoms with Crippen molar-refractivity contribution in [3.63, 3.8) is 0 Å². The van der Waals surface area contributed by atoms with Gasteiger partial charge in [0.15, 0.2) is 0 Å². The highest BCUT2D eigenvalue weighted by Gasteiger charge is 2.30. The van der Waals surface area contributed by atoms with Crippen LogP contribution < -0.4 is 0 Å². The Kier molecular flexibility index (Phi) is 7.20. The fraction of sp³-hybridized carbons (Fsp3) is 0.947. The van der Waals surface area contributed by atoms with Crippen LogP contribution in [-0.2, 0) is 0 Å². The monoisotopic (exact) mass is 309 g/mol. The maximum Gasteiger partial charge on any atom is 0.0520 e. The van der Waals surface area contributed by atoms with Crippen molar-refractivity contribution in [3.8, 4) is 0 Å². The van der Waals surface area contributed by atoms with Crippen LogP contribution in [-0.4, -0.2) is 29.2 Å². The van der Waals surface area contributed by atoms with Crippen LogP contribution in [0.5, 0.6) is 0 Å². The molecule has 2 rings (SSSR count). The summed E-state index contributed by atoms with van der Waals surface area (Å²) in [6.07, 6.45) is 20.1. The molecule has 0 radical (unpaired) electrons. The van der Waals surface area contributed by atoms with E-state index >= 15 is 0 Å². The van der Waals surface area contributed by atoms with Gasteiger partial charge in [-0.2, -0.15) is 0 Å². The molecule has 2 saturated carbocycles. The van der Waals surface area contributed by atoms with E-state index in [4.69, 9.17) is 4.99 Å². The van der Waals surface area contributed by atoms with Crippen LogP contribution in [0.25, 0.3) is 0 Å². The van der Waals surface area contributed by atoms with Crippen molar-refractivity contribution in [1.82, 2.24) is 0 Å². The molecule has 2 aliphatic rings. The van der Waals surface area contributed by atoms with E-state index in [0.29, 0.717) is 0 Å². The zero-order valence-corrected chi connectivity index (χ0v) is 15.5. The Balaban J connectivity index is 1.89. The first-order valence-corrected chi connectivity index (χ1v) is 11.0. The second kappa shape index (κ2) is 8.66. The highest BCUT2D eigenvalue weighted by molar-refractivity contribution is 7.59. The van der Waals surface area contributed by atoms with E-state index in [2.05, 4.69) is 27.0 Å². The summed E-state index contributed by atoms with van der Waals surface area (Å²) in [6, 6.07) is 0. The number of aliphatic imine (C=N–C) groups is 1. The molecule has 0 saturated heterocycles. The summed E-state index contributed by atoms with van der Waals surface area (Å²) >= 11 is 0. The van der Waals surface area contributed by atoms with E-state index in [-0.39, 0.29) is 13.5 Å². The van der Waals surface area contributed by atoms with E-state index in [1.54, 1.807) is 25.7 Å². The second-order valence-electron chi connectivity index (χ2n) is 8.09. The van der Waals surface area contributed by atoms with E-state index in [0.717, 1.165) is 11.3 Å². The molecule has 2 aliphatic carbocycles. The van der Waals surface area contributed by atoms with Gasteiger partial charge in [-0.05, 0) is 76.6 Å². The van der Waals surface area contributed by atoms with Crippen molar-refractivity contribution in [3.05, 3.63) is 0 Å². The Labute approximate surface area is 134 Å². The van der Waals surface area contributed by atoms with E-state index in [1.807, 2.05) is 0 Å². The van der Waals surface area contributed by atoms with Crippen LogP contribution >= 0.6 is 7.92 Å². The van der Waals surface area contributed by atoms with Gasteiger partial charge in [0.25, 0.3) is 0 Å². The highest BCUT2D eigenvalue weighted by Crippen LogP contribution is 2.55. The summed E-state index contributed by atoms with van der Waals surface area (Å²) in [6.45, 7) is 6.61. The molecule has 0 unspecified atom stereocenters. The minimum Gasteiger partial charge on any atom is -0.292 e. The van der Waals surface area contributed by atoms with Crippen molar-refractivity contribution >= 4 is 14.1 Å². The lowest BCUT2D eigenvalue weighted by Crippen LogP contribution is -2.22. The van der Waals surface area contributed by atoms with Crippen LogP contribution in [0.2, 0.25) is 0 Å². The molecule has 0 amide bonds. The summed E-state index contributed by atoms with van der Waals surface area (Å²) in [5.74, 6) is 0. The van der Waals surface area contributed by atoms with Gasteiger partial charge < -0.3 is 0 Å². The highest BCUT2D eigenvalue weighted by atomic mass is 31.1. The quantitative estimate of drug-likeness (QED) is 0.412. The molecule has 0 aliphatic heterocycles. The van der Waals surface area contributed by atoms with Crippen LogP contribution in [0.15, 0.2) is 4.99 Å². The summed E-state index contributed by atoms with van der Waals surface area (Å²) in [4.78, 5) is 4.70. The molecule has 0 bridgehead atoms. The van der Waals surface area contributed by atoms with E-state index in [1.165, 1.54) is 51.1 Å². The molecule has 21 heavy (non-hydrogen) atoms. The number of nitrogens with zero attached hydrogens (tertiary/aromatic N) is 1. The van der Waals surface area contributed by atoms with Crippen LogP contribution in [0.3, 0.4) is 0 Å². The molecule has 2 heteroatoms. The predicted octanol–water partition coefficient (Wildman–Crippen LogP) is 6.39. The Morgan fingerprint density at radius 1 is 0.857 bits per heavy atom. The number of hydrogen-bond acceptors (Lipinski definition) is 1. The molecule has 0 spiro atoms. The predicted molar refractivity (Wildman–Crippen MR) is 98.4 cm³/mol. The van der Waals surface area contributed by atoms with Gasteiger partial charge in [0.2, 0.25) is 0 Å². The van der Waals surface area contributed by atoms with Gasteiger partial charge in [-0.15, -0.1) is 0 Å². The first-order valence-electron chi connectivity index (χ1n) is 9.36. The third kappa shape index (κ3) is 6.39. The molecule has 0 heterocycles. The first-order chi connectivity index (χ1) is 10.1. The third-order valence-corrected chi connectivity index (χ3v) is 8.77. The molecule has 122 valence electrons. The molecule has 0 aromatic rings. The molecule has 2 fully saturated rings. The van der Waals surface area contributed by atoms with Gasteiger partial charge in [-0.1, -0.05) is 46.4 Å². The maximum atomic E-state index is 4.70. The van der Waals surface area contributed by atoms with E-state index in [9.17, 15) is 0 Å². The fourth-order valence-corrected chi connectivity index (χ4v) is 7.83.